The van der Waals surface area contributed by atoms with E-state index in [0.717, 1.165) is 31.0 Å². The summed E-state index contributed by atoms with van der Waals surface area (Å²) in [6.07, 6.45) is 4.86. The maximum Gasteiger partial charge on any atom is 0.155 e. The number of amidine groups is 1. The molecule has 0 aromatic carbocycles. The molecule has 4 nitrogen and oxygen atoms in total. The normalized spacial score (nSPS) is 17.8. The average molecular weight is 179 g/mol. The summed E-state index contributed by atoms with van der Waals surface area (Å²) in [7, 11) is 0. The highest BCUT2D eigenvalue weighted by atomic mass is 16.5. The molecule has 1 aliphatic rings. The van der Waals surface area contributed by atoms with Crippen molar-refractivity contribution in [3.8, 4) is 0 Å². The maximum absolute atomic E-state index is 7.71. The molecular formula is C9H13N3O. The summed E-state index contributed by atoms with van der Waals surface area (Å²) >= 11 is 0. The van der Waals surface area contributed by atoms with Crippen molar-refractivity contribution < 1.29 is 4.52 Å². The van der Waals surface area contributed by atoms with Gasteiger partial charge in [0.15, 0.2) is 5.76 Å². The van der Waals surface area contributed by atoms with Gasteiger partial charge in [-0.05, 0) is 12.8 Å². The number of nitrogens with one attached hydrogen (secondary N) is 1. The van der Waals surface area contributed by atoms with Gasteiger partial charge >= 0.3 is 0 Å². The van der Waals surface area contributed by atoms with Crippen LogP contribution in [0.3, 0.4) is 0 Å². The van der Waals surface area contributed by atoms with E-state index in [1.54, 1.807) is 6.20 Å². The van der Waals surface area contributed by atoms with Crippen LogP contribution in [-0.2, 0) is 6.54 Å². The second-order valence-corrected chi connectivity index (χ2v) is 3.30. The van der Waals surface area contributed by atoms with Gasteiger partial charge in [-0.25, -0.2) is 0 Å². The Bertz CT molecular complexity index is 281. The highest BCUT2D eigenvalue weighted by molar-refractivity contribution is 5.79. The summed E-state index contributed by atoms with van der Waals surface area (Å²) in [6, 6.07) is 1.85. The quantitative estimate of drug-likeness (QED) is 0.750. The zero-order chi connectivity index (χ0) is 9.10. The van der Waals surface area contributed by atoms with Crippen LogP contribution >= 0.6 is 0 Å². The first-order valence-corrected chi connectivity index (χ1v) is 4.58. The molecule has 0 atom stereocenters. The first-order chi connectivity index (χ1) is 6.36. The van der Waals surface area contributed by atoms with E-state index in [1.807, 2.05) is 11.0 Å². The molecular weight excluding hydrogens is 166 g/mol. The van der Waals surface area contributed by atoms with Crippen LogP contribution in [0.25, 0.3) is 0 Å². The van der Waals surface area contributed by atoms with Crippen molar-refractivity contribution >= 4 is 5.84 Å². The van der Waals surface area contributed by atoms with Crippen LogP contribution < -0.4 is 0 Å². The number of aromatic nitrogens is 1. The van der Waals surface area contributed by atoms with E-state index in [2.05, 4.69) is 5.16 Å². The molecule has 1 fully saturated rings. The molecule has 0 amide bonds. The van der Waals surface area contributed by atoms with Crippen molar-refractivity contribution in [2.24, 2.45) is 0 Å². The van der Waals surface area contributed by atoms with Crippen molar-refractivity contribution in [3.63, 3.8) is 0 Å². The number of nitrogens with zero attached hydrogens (tertiary/aromatic N) is 2. The smallest absolute Gasteiger partial charge is 0.155 e. The molecule has 0 radical (unpaired) electrons. The lowest BCUT2D eigenvalue weighted by Crippen LogP contribution is -2.33. The van der Waals surface area contributed by atoms with Gasteiger partial charge in [0.1, 0.15) is 0 Å². The van der Waals surface area contributed by atoms with E-state index in [4.69, 9.17) is 9.93 Å². The van der Waals surface area contributed by atoms with Crippen LogP contribution in [0.15, 0.2) is 16.8 Å². The van der Waals surface area contributed by atoms with Gasteiger partial charge in [-0.15, -0.1) is 0 Å². The monoisotopic (exact) mass is 179 g/mol. The third kappa shape index (κ3) is 1.88. The van der Waals surface area contributed by atoms with E-state index in [1.165, 1.54) is 6.42 Å². The Balaban J connectivity index is 1.97. The average Bonchev–Trinajstić information content (AvgIpc) is 2.61. The Morgan fingerprint density at radius 1 is 1.54 bits per heavy atom. The van der Waals surface area contributed by atoms with E-state index >= 15 is 0 Å². The lowest BCUT2D eigenvalue weighted by molar-refractivity contribution is 0.298. The predicted molar refractivity (Wildman–Crippen MR) is 48.5 cm³/mol. The van der Waals surface area contributed by atoms with E-state index in [0.29, 0.717) is 6.54 Å². The van der Waals surface area contributed by atoms with Crippen molar-refractivity contribution in [2.45, 2.75) is 25.8 Å². The number of hydrogen-bond acceptors (Lipinski definition) is 3. The van der Waals surface area contributed by atoms with E-state index < -0.39 is 0 Å². The first-order valence-electron chi connectivity index (χ1n) is 4.58. The number of piperidine rings is 1. The zero-order valence-corrected chi connectivity index (χ0v) is 7.49. The van der Waals surface area contributed by atoms with E-state index in [9.17, 15) is 0 Å². The molecule has 13 heavy (non-hydrogen) atoms. The van der Waals surface area contributed by atoms with Crippen molar-refractivity contribution in [2.75, 3.05) is 6.54 Å². The molecule has 2 rings (SSSR count). The van der Waals surface area contributed by atoms with Crippen molar-refractivity contribution in [1.29, 1.82) is 5.41 Å². The topological polar surface area (TPSA) is 53.1 Å². The number of hydrogen-bond donors (Lipinski definition) is 1. The van der Waals surface area contributed by atoms with Crippen molar-refractivity contribution in [3.05, 3.63) is 18.0 Å². The largest absolute Gasteiger partial charge is 0.360 e. The summed E-state index contributed by atoms with van der Waals surface area (Å²) in [5.74, 6) is 1.56. The fourth-order valence-corrected chi connectivity index (χ4v) is 1.57. The summed E-state index contributed by atoms with van der Waals surface area (Å²) in [5.41, 5.74) is 0. The minimum atomic E-state index is 0.693. The molecule has 70 valence electrons. The molecule has 1 aromatic heterocycles. The van der Waals surface area contributed by atoms with E-state index in [-0.39, 0.29) is 0 Å². The van der Waals surface area contributed by atoms with Crippen LogP contribution in [0, 0.1) is 5.41 Å². The van der Waals surface area contributed by atoms with Gasteiger partial charge in [0.25, 0.3) is 0 Å². The van der Waals surface area contributed by atoms with Crippen molar-refractivity contribution in [1.82, 2.24) is 10.1 Å². The molecule has 1 saturated heterocycles. The van der Waals surface area contributed by atoms with Gasteiger partial charge in [0.05, 0.1) is 18.6 Å². The number of rotatable bonds is 2. The van der Waals surface area contributed by atoms with Crippen LogP contribution in [0.2, 0.25) is 0 Å². The zero-order valence-electron chi connectivity index (χ0n) is 7.49. The van der Waals surface area contributed by atoms with Gasteiger partial charge in [0, 0.05) is 19.0 Å². The van der Waals surface area contributed by atoms with Gasteiger partial charge in [-0.2, -0.15) is 0 Å². The number of likely N-dealkylation sites (tertiary alicyclic amines) is 1. The minimum absolute atomic E-state index is 0.693. The van der Waals surface area contributed by atoms with Crippen LogP contribution in [-0.4, -0.2) is 22.4 Å². The third-order valence-corrected chi connectivity index (χ3v) is 2.31. The Hall–Kier alpha value is -1.32. The third-order valence-electron chi connectivity index (χ3n) is 2.31. The second-order valence-electron chi connectivity index (χ2n) is 3.30. The molecule has 1 aliphatic heterocycles. The molecule has 4 heteroatoms. The lowest BCUT2D eigenvalue weighted by atomic mass is 10.1. The molecule has 0 aliphatic carbocycles. The van der Waals surface area contributed by atoms with Crippen LogP contribution in [0.4, 0.5) is 0 Å². The fraction of sp³-hybridized carbons (Fsp3) is 0.556. The van der Waals surface area contributed by atoms with Gasteiger partial charge in [0.2, 0.25) is 0 Å². The SMILES string of the molecule is N=C1CCCCN1Cc1ccno1. The molecule has 0 unspecified atom stereocenters. The Morgan fingerprint density at radius 2 is 2.46 bits per heavy atom. The summed E-state index contributed by atoms with van der Waals surface area (Å²) in [6.45, 7) is 1.67. The summed E-state index contributed by atoms with van der Waals surface area (Å²) < 4.78 is 5.00. The minimum Gasteiger partial charge on any atom is -0.360 e. The standard InChI is InChI=1S/C9H13N3O/c10-9-3-1-2-6-12(9)7-8-4-5-11-13-8/h4-5,10H,1-3,6-7H2. The molecule has 0 saturated carbocycles. The summed E-state index contributed by atoms with van der Waals surface area (Å²) in [5, 5.41) is 11.4. The second kappa shape index (κ2) is 3.60. The Labute approximate surface area is 77.0 Å². The van der Waals surface area contributed by atoms with Gasteiger partial charge in [-0.3, -0.25) is 5.41 Å². The van der Waals surface area contributed by atoms with Crippen LogP contribution in [0.1, 0.15) is 25.0 Å². The summed E-state index contributed by atoms with van der Waals surface area (Å²) in [4.78, 5) is 2.05. The Kier molecular flexibility index (Phi) is 2.29. The lowest BCUT2D eigenvalue weighted by Gasteiger charge is -2.27. The first kappa shape index (κ1) is 8.29. The fourth-order valence-electron chi connectivity index (χ4n) is 1.57. The maximum atomic E-state index is 7.71. The van der Waals surface area contributed by atoms with Gasteiger partial charge < -0.3 is 9.42 Å². The predicted octanol–water partition coefficient (Wildman–Crippen LogP) is 1.64. The Morgan fingerprint density at radius 3 is 3.15 bits per heavy atom. The molecule has 2 heterocycles. The highest BCUT2D eigenvalue weighted by Crippen LogP contribution is 2.13. The molecule has 1 aromatic rings. The van der Waals surface area contributed by atoms with Gasteiger partial charge in [-0.1, -0.05) is 5.16 Å². The molecule has 0 spiro atoms. The molecule has 1 N–H and O–H groups in total. The highest BCUT2D eigenvalue weighted by Gasteiger charge is 2.15. The molecule has 0 bridgehead atoms. The van der Waals surface area contributed by atoms with Crippen LogP contribution in [0.5, 0.6) is 0 Å².